The fourth-order valence-corrected chi connectivity index (χ4v) is 3.08. The number of nitrogens with one attached hydrogen (secondary N) is 1. The summed E-state index contributed by atoms with van der Waals surface area (Å²) in [4.78, 5) is 33.9. The Labute approximate surface area is 165 Å². The van der Waals surface area contributed by atoms with Gasteiger partial charge in [-0.2, -0.15) is 5.10 Å². The van der Waals surface area contributed by atoms with Crippen LogP contribution in [-0.4, -0.2) is 37.1 Å². The third-order valence-corrected chi connectivity index (χ3v) is 4.55. The molecule has 0 aliphatic carbocycles. The van der Waals surface area contributed by atoms with Gasteiger partial charge in [-0.25, -0.2) is 14.1 Å². The summed E-state index contributed by atoms with van der Waals surface area (Å²) in [5.74, 6) is -0.292. The number of benzene rings is 2. The highest BCUT2D eigenvalue weighted by Gasteiger charge is 2.19. The number of hydrogen-bond acceptors (Lipinski definition) is 4. The first-order valence-corrected chi connectivity index (χ1v) is 9.14. The molecule has 1 amide bonds. The topological polar surface area (TPSA) is 83.9 Å². The molecule has 0 aliphatic rings. The lowest BCUT2D eigenvalue weighted by Gasteiger charge is -2.19. The van der Waals surface area contributed by atoms with Crippen LogP contribution >= 0.6 is 0 Å². The molecule has 0 atom stereocenters. The molecule has 4 rings (SSSR count). The summed E-state index contributed by atoms with van der Waals surface area (Å²) in [5.41, 5.74) is 1.07. The highest BCUT2D eigenvalue weighted by molar-refractivity contribution is 5.92. The molecule has 29 heavy (non-hydrogen) atoms. The smallest absolute Gasteiger partial charge is 0.274 e. The molecular weight excluding hydrogens is 373 g/mol. The second-order valence-electron chi connectivity index (χ2n) is 6.47. The molecule has 0 bridgehead atoms. The average Bonchev–Trinajstić information content (AvgIpc) is 3.22. The number of carbonyl (C=O) groups excluding carboxylic acids is 1. The minimum Gasteiger partial charge on any atom is -0.330 e. The first-order valence-electron chi connectivity index (χ1n) is 9.14. The molecule has 0 radical (unpaired) electrons. The second kappa shape index (κ2) is 7.67. The second-order valence-corrected chi connectivity index (χ2v) is 6.47. The molecule has 8 heteroatoms. The summed E-state index contributed by atoms with van der Waals surface area (Å²) in [6.45, 7) is 2.38. The zero-order valence-corrected chi connectivity index (χ0v) is 15.7. The number of aromatic amines is 1. The number of halogens is 1. The Morgan fingerprint density at radius 3 is 2.79 bits per heavy atom. The van der Waals surface area contributed by atoms with E-state index >= 15 is 0 Å². The first kappa shape index (κ1) is 18.5. The van der Waals surface area contributed by atoms with Crippen molar-refractivity contribution >= 4 is 16.8 Å². The monoisotopic (exact) mass is 391 g/mol. The normalized spacial score (nSPS) is 11.0. The van der Waals surface area contributed by atoms with Gasteiger partial charge in [0.15, 0.2) is 5.69 Å². The molecule has 2 aromatic heterocycles. The predicted molar refractivity (Wildman–Crippen MR) is 106 cm³/mol. The zero-order valence-electron chi connectivity index (χ0n) is 15.7. The van der Waals surface area contributed by atoms with Crippen LogP contribution in [0.1, 0.15) is 23.2 Å². The van der Waals surface area contributed by atoms with Crippen LogP contribution in [0.15, 0.2) is 65.6 Å². The summed E-state index contributed by atoms with van der Waals surface area (Å²) in [6.07, 6.45) is 1.60. The maximum Gasteiger partial charge on any atom is 0.274 e. The maximum absolute atomic E-state index is 13.4. The number of nitrogens with zero attached hydrogens (tertiary/aromatic N) is 4. The van der Waals surface area contributed by atoms with Gasteiger partial charge in [-0.1, -0.05) is 18.2 Å². The van der Waals surface area contributed by atoms with Gasteiger partial charge < -0.3 is 9.88 Å². The van der Waals surface area contributed by atoms with Crippen molar-refractivity contribution in [2.45, 2.75) is 13.5 Å². The van der Waals surface area contributed by atoms with Crippen molar-refractivity contribution in [1.82, 2.24) is 24.6 Å². The number of rotatable bonds is 5. The van der Waals surface area contributed by atoms with Gasteiger partial charge >= 0.3 is 0 Å². The van der Waals surface area contributed by atoms with Crippen molar-refractivity contribution in [3.63, 3.8) is 0 Å². The van der Waals surface area contributed by atoms with E-state index in [2.05, 4.69) is 15.1 Å². The largest absolute Gasteiger partial charge is 0.330 e. The Kier molecular flexibility index (Phi) is 4.90. The van der Waals surface area contributed by atoms with E-state index in [4.69, 9.17) is 0 Å². The lowest BCUT2D eigenvalue weighted by atomic mass is 10.2. The molecule has 0 fully saturated rings. The SMILES string of the molecule is CCN(Cc1nc2ccccc2c(=O)[nH]1)C(=O)c1ccn(-c2cccc(F)c2)n1. The number of carbonyl (C=O) groups is 1. The van der Waals surface area contributed by atoms with E-state index in [1.807, 2.05) is 6.92 Å². The van der Waals surface area contributed by atoms with Crippen molar-refractivity contribution in [3.05, 3.63) is 88.5 Å². The van der Waals surface area contributed by atoms with Crippen LogP contribution in [0.5, 0.6) is 0 Å². The highest BCUT2D eigenvalue weighted by atomic mass is 19.1. The lowest BCUT2D eigenvalue weighted by Crippen LogP contribution is -2.32. The van der Waals surface area contributed by atoms with E-state index in [9.17, 15) is 14.0 Å². The van der Waals surface area contributed by atoms with E-state index in [1.54, 1.807) is 48.7 Å². The third kappa shape index (κ3) is 3.77. The Morgan fingerprint density at radius 1 is 1.17 bits per heavy atom. The number of hydrogen-bond donors (Lipinski definition) is 1. The van der Waals surface area contributed by atoms with Crippen LogP contribution in [-0.2, 0) is 6.54 Å². The molecule has 0 saturated carbocycles. The van der Waals surface area contributed by atoms with E-state index in [0.29, 0.717) is 29.0 Å². The van der Waals surface area contributed by atoms with Crippen molar-refractivity contribution < 1.29 is 9.18 Å². The van der Waals surface area contributed by atoms with E-state index in [1.165, 1.54) is 21.7 Å². The Hall–Kier alpha value is -3.81. The molecule has 0 saturated heterocycles. The Morgan fingerprint density at radius 2 is 2.00 bits per heavy atom. The number of H-pyrrole nitrogens is 1. The fourth-order valence-electron chi connectivity index (χ4n) is 3.08. The van der Waals surface area contributed by atoms with Gasteiger partial charge in [0.1, 0.15) is 11.6 Å². The fraction of sp³-hybridized carbons (Fsp3) is 0.143. The predicted octanol–water partition coefficient (Wildman–Crippen LogP) is 2.91. The van der Waals surface area contributed by atoms with E-state index in [-0.39, 0.29) is 29.5 Å². The number of amides is 1. The van der Waals surface area contributed by atoms with Gasteiger partial charge in [-0.15, -0.1) is 0 Å². The molecular formula is C21H18FN5O2. The van der Waals surface area contributed by atoms with Crippen LogP contribution in [0.4, 0.5) is 4.39 Å². The van der Waals surface area contributed by atoms with Gasteiger partial charge in [0.25, 0.3) is 11.5 Å². The minimum absolute atomic E-state index is 0.141. The Balaban J connectivity index is 1.58. The Bertz CT molecular complexity index is 1250. The summed E-state index contributed by atoms with van der Waals surface area (Å²) in [6, 6.07) is 14.6. The van der Waals surface area contributed by atoms with Crippen molar-refractivity contribution in [1.29, 1.82) is 0 Å². The van der Waals surface area contributed by atoms with Crippen LogP contribution in [0.25, 0.3) is 16.6 Å². The molecule has 1 N–H and O–H groups in total. The zero-order chi connectivity index (χ0) is 20.4. The minimum atomic E-state index is -0.382. The molecule has 7 nitrogen and oxygen atoms in total. The summed E-state index contributed by atoms with van der Waals surface area (Å²) in [5, 5.41) is 4.77. The van der Waals surface area contributed by atoms with E-state index < -0.39 is 0 Å². The van der Waals surface area contributed by atoms with E-state index in [0.717, 1.165) is 0 Å². The third-order valence-electron chi connectivity index (χ3n) is 4.55. The molecule has 0 aliphatic heterocycles. The quantitative estimate of drug-likeness (QED) is 0.567. The first-order chi connectivity index (χ1) is 14.0. The maximum atomic E-state index is 13.4. The van der Waals surface area contributed by atoms with Crippen LogP contribution in [0.3, 0.4) is 0 Å². The summed E-state index contributed by atoms with van der Waals surface area (Å²) in [7, 11) is 0. The standard InChI is InChI=1S/C21H18FN5O2/c1-2-26(13-19-23-17-9-4-3-8-16(17)20(28)24-19)21(29)18-10-11-27(25-18)15-7-5-6-14(22)12-15/h3-12H,2,13H2,1H3,(H,23,24,28). The summed E-state index contributed by atoms with van der Waals surface area (Å²) >= 11 is 0. The van der Waals surface area contributed by atoms with Crippen LogP contribution in [0.2, 0.25) is 0 Å². The van der Waals surface area contributed by atoms with Crippen molar-refractivity contribution in [3.8, 4) is 5.69 Å². The highest BCUT2D eigenvalue weighted by Crippen LogP contribution is 2.12. The van der Waals surface area contributed by atoms with Crippen molar-refractivity contribution in [2.75, 3.05) is 6.54 Å². The number of aromatic nitrogens is 4. The molecule has 0 unspecified atom stereocenters. The van der Waals surface area contributed by atoms with Gasteiger partial charge in [0.2, 0.25) is 0 Å². The molecule has 146 valence electrons. The van der Waals surface area contributed by atoms with Crippen molar-refractivity contribution in [2.24, 2.45) is 0 Å². The van der Waals surface area contributed by atoms with Crippen LogP contribution < -0.4 is 5.56 Å². The van der Waals surface area contributed by atoms with Gasteiger partial charge in [0.05, 0.1) is 23.1 Å². The molecule has 2 aromatic carbocycles. The molecule has 0 spiro atoms. The van der Waals surface area contributed by atoms with Gasteiger partial charge in [0, 0.05) is 12.7 Å². The lowest BCUT2D eigenvalue weighted by molar-refractivity contribution is 0.0742. The van der Waals surface area contributed by atoms with Crippen LogP contribution in [0, 0.1) is 5.82 Å². The number of para-hydroxylation sites is 1. The van der Waals surface area contributed by atoms with Gasteiger partial charge in [-0.05, 0) is 43.3 Å². The molecule has 2 heterocycles. The number of fused-ring (bicyclic) bond motifs is 1. The summed E-state index contributed by atoms with van der Waals surface area (Å²) < 4.78 is 14.9. The average molecular weight is 391 g/mol. The van der Waals surface area contributed by atoms with Gasteiger partial charge in [-0.3, -0.25) is 9.59 Å². The molecule has 4 aromatic rings.